The molecule has 22 heavy (non-hydrogen) atoms. The van der Waals surface area contributed by atoms with Gasteiger partial charge in [0.2, 0.25) is 0 Å². The average molecular weight is 318 g/mol. The highest BCUT2D eigenvalue weighted by molar-refractivity contribution is 8.00. The summed E-state index contributed by atoms with van der Waals surface area (Å²) in [5.41, 5.74) is 0.0498. The van der Waals surface area contributed by atoms with E-state index in [9.17, 15) is 19.7 Å². The maximum absolute atomic E-state index is 12.1. The van der Waals surface area contributed by atoms with Crippen molar-refractivity contribution in [2.45, 2.75) is 5.03 Å². The fraction of sp³-hybridized carbons (Fsp3) is 0.0714. The summed E-state index contributed by atoms with van der Waals surface area (Å²) in [6, 6.07) is 8.29. The van der Waals surface area contributed by atoms with Crippen molar-refractivity contribution in [2.24, 2.45) is 0 Å². The fourth-order valence-corrected chi connectivity index (χ4v) is 2.56. The van der Waals surface area contributed by atoms with Crippen LogP contribution < -0.4 is 0 Å². The highest BCUT2D eigenvalue weighted by atomic mass is 32.2. The van der Waals surface area contributed by atoms with Gasteiger partial charge < -0.3 is 5.11 Å². The largest absolute Gasteiger partial charge is 0.478 e. The highest BCUT2D eigenvalue weighted by Crippen LogP contribution is 2.22. The van der Waals surface area contributed by atoms with E-state index in [0.29, 0.717) is 0 Å². The first-order valence-electron chi connectivity index (χ1n) is 6.08. The second-order valence-electron chi connectivity index (χ2n) is 4.18. The second-order valence-corrected chi connectivity index (χ2v) is 5.14. The van der Waals surface area contributed by atoms with Crippen molar-refractivity contribution in [1.82, 2.24) is 4.98 Å². The summed E-state index contributed by atoms with van der Waals surface area (Å²) in [4.78, 5) is 37.1. The number of carbonyl (C=O) groups excluding carboxylic acids is 1. The smallest absolute Gasteiger partial charge is 0.338 e. The Labute approximate surface area is 129 Å². The number of hydrogen-bond donors (Lipinski definition) is 1. The van der Waals surface area contributed by atoms with Gasteiger partial charge in [0.15, 0.2) is 5.78 Å². The molecule has 2 rings (SSSR count). The number of thioether (sulfide) groups is 1. The molecule has 0 aliphatic rings. The lowest BCUT2D eigenvalue weighted by Gasteiger charge is -2.04. The van der Waals surface area contributed by atoms with E-state index >= 15 is 0 Å². The van der Waals surface area contributed by atoms with Crippen LogP contribution >= 0.6 is 11.8 Å². The Balaban J connectivity index is 2.12. The van der Waals surface area contributed by atoms with E-state index in [1.807, 2.05) is 0 Å². The van der Waals surface area contributed by atoms with E-state index < -0.39 is 10.9 Å². The van der Waals surface area contributed by atoms with Gasteiger partial charge in [-0.3, -0.25) is 14.9 Å². The van der Waals surface area contributed by atoms with Gasteiger partial charge in [-0.05, 0) is 12.1 Å². The first kappa shape index (κ1) is 15.6. The van der Waals surface area contributed by atoms with Crippen molar-refractivity contribution in [3.05, 3.63) is 63.8 Å². The van der Waals surface area contributed by atoms with Crippen LogP contribution in [0.15, 0.2) is 47.6 Å². The molecule has 1 heterocycles. The first-order valence-corrected chi connectivity index (χ1v) is 7.06. The molecule has 0 aliphatic carbocycles. The topological polar surface area (TPSA) is 110 Å². The number of carboxylic acids is 1. The van der Waals surface area contributed by atoms with Crippen LogP contribution in [0.5, 0.6) is 0 Å². The highest BCUT2D eigenvalue weighted by Gasteiger charge is 2.15. The molecular formula is C14H10N2O5S. The van der Waals surface area contributed by atoms with Gasteiger partial charge in [0.1, 0.15) is 5.03 Å². The number of aromatic carboxylic acids is 1. The van der Waals surface area contributed by atoms with E-state index in [0.717, 1.165) is 11.8 Å². The number of pyridine rings is 1. The predicted octanol–water partition coefficient (Wildman–Crippen LogP) is 2.66. The molecular weight excluding hydrogens is 308 g/mol. The minimum absolute atomic E-state index is 0.0133. The predicted molar refractivity (Wildman–Crippen MR) is 79.3 cm³/mol. The molecule has 1 aromatic heterocycles. The Bertz CT molecular complexity index is 748. The van der Waals surface area contributed by atoms with Crippen molar-refractivity contribution >= 4 is 29.2 Å². The van der Waals surface area contributed by atoms with E-state index in [2.05, 4.69) is 4.98 Å². The summed E-state index contributed by atoms with van der Waals surface area (Å²) < 4.78 is 0. The number of Topliss-reactive ketones (excluding diaryl/α,β-unsaturated/α-hetero) is 1. The molecule has 0 saturated carbocycles. The van der Waals surface area contributed by atoms with Crippen LogP contribution in [0.25, 0.3) is 0 Å². The molecule has 0 atom stereocenters. The fourth-order valence-electron chi connectivity index (χ4n) is 1.68. The zero-order valence-electron chi connectivity index (χ0n) is 11.1. The zero-order chi connectivity index (χ0) is 16.1. The van der Waals surface area contributed by atoms with Crippen LogP contribution in [0.3, 0.4) is 0 Å². The number of aromatic nitrogens is 1. The third-order valence-corrected chi connectivity index (χ3v) is 3.73. The SMILES string of the molecule is O=C(CSc1ncccc1C(=O)O)c1cccc([N+](=O)[O-])c1. The maximum atomic E-state index is 12.1. The minimum Gasteiger partial charge on any atom is -0.478 e. The summed E-state index contributed by atoms with van der Waals surface area (Å²) in [5, 5.41) is 20.0. The van der Waals surface area contributed by atoms with Crippen molar-refractivity contribution in [3.63, 3.8) is 0 Å². The molecule has 0 bridgehead atoms. The zero-order valence-corrected chi connectivity index (χ0v) is 11.9. The minimum atomic E-state index is -1.13. The summed E-state index contributed by atoms with van der Waals surface area (Å²) in [7, 11) is 0. The van der Waals surface area contributed by atoms with Crippen LogP contribution in [0.4, 0.5) is 5.69 Å². The van der Waals surface area contributed by atoms with Crippen molar-refractivity contribution in [2.75, 3.05) is 5.75 Å². The van der Waals surface area contributed by atoms with Crippen LogP contribution in [0.1, 0.15) is 20.7 Å². The molecule has 112 valence electrons. The molecule has 1 N–H and O–H groups in total. The lowest BCUT2D eigenvalue weighted by Crippen LogP contribution is -2.06. The van der Waals surface area contributed by atoms with Crippen LogP contribution in [0.2, 0.25) is 0 Å². The Morgan fingerprint density at radius 3 is 2.73 bits per heavy atom. The Hall–Kier alpha value is -2.74. The number of rotatable bonds is 6. The van der Waals surface area contributed by atoms with E-state index in [4.69, 9.17) is 5.11 Å². The second kappa shape index (κ2) is 6.81. The van der Waals surface area contributed by atoms with Gasteiger partial charge in [-0.15, -0.1) is 0 Å². The molecule has 0 fully saturated rings. The average Bonchev–Trinajstić information content (AvgIpc) is 2.52. The normalized spacial score (nSPS) is 10.2. The molecule has 0 spiro atoms. The summed E-state index contributed by atoms with van der Waals surface area (Å²) >= 11 is 0.981. The molecule has 0 radical (unpaired) electrons. The molecule has 0 saturated heterocycles. The van der Waals surface area contributed by atoms with Gasteiger partial charge in [-0.1, -0.05) is 23.9 Å². The third kappa shape index (κ3) is 3.67. The monoisotopic (exact) mass is 318 g/mol. The number of ketones is 1. The number of non-ortho nitro benzene ring substituents is 1. The quantitative estimate of drug-likeness (QED) is 0.377. The summed E-state index contributed by atoms with van der Waals surface area (Å²) in [5.74, 6) is -1.52. The molecule has 1 aromatic carbocycles. The van der Waals surface area contributed by atoms with Gasteiger partial charge in [0, 0.05) is 23.9 Å². The summed E-state index contributed by atoms with van der Waals surface area (Å²) in [6.07, 6.45) is 1.44. The number of hydrogen-bond acceptors (Lipinski definition) is 6. The molecule has 0 amide bonds. The Morgan fingerprint density at radius 1 is 1.27 bits per heavy atom. The molecule has 8 heteroatoms. The number of nitro benzene ring substituents is 1. The standard InChI is InChI=1S/C14H10N2O5S/c17-12(9-3-1-4-10(7-9)16(20)21)8-22-13-11(14(18)19)5-2-6-15-13/h1-7H,8H2,(H,18,19). The van der Waals surface area contributed by atoms with E-state index in [1.54, 1.807) is 0 Å². The van der Waals surface area contributed by atoms with Crippen LogP contribution in [-0.4, -0.2) is 32.5 Å². The Morgan fingerprint density at radius 2 is 2.05 bits per heavy atom. The number of benzene rings is 1. The van der Waals surface area contributed by atoms with E-state index in [1.165, 1.54) is 42.6 Å². The van der Waals surface area contributed by atoms with Crippen molar-refractivity contribution in [3.8, 4) is 0 Å². The number of nitro groups is 1. The van der Waals surface area contributed by atoms with Gasteiger partial charge in [-0.2, -0.15) is 0 Å². The molecule has 0 aliphatic heterocycles. The molecule has 7 nitrogen and oxygen atoms in total. The molecule has 0 unspecified atom stereocenters. The summed E-state index contributed by atoms with van der Waals surface area (Å²) in [6.45, 7) is 0. The lowest BCUT2D eigenvalue weighted by molar-refractivity contribution is -0.384. The number of carboxylic acid groups (broad SMARTS) is 1. The number of carbonyl (C=O) groups is 2. The van der Waals surface area contributed by atoms with E-state index in [-0.39, 0.29) is 33.4 Å². The van der Waals surface area contributed by atoms with Gasteiger partial charge in [0.25, 0.3) is 5.69 Å². The number of nitrogens with zero attached hydrogens (tertiary/aromatic N) is 2. The van der Waals surface area contributed by atoms with Crippen LogP contribution in [-0.2, 0) is 0 Å². The van der Waals surface area contributed by atoms with Gasteiger partial charge in [0.05, 0.1) is 16.2 Å². The Kier molecular flexibility index (Phi) is 4.84. The van der Waals surface area contributed by atoms with Gasteiger partial charge >= 0.3 is 5.97 Å². The first-order chi connectivity index (χ1) is 10.5. The lowest BCUT2D eigenvalue weighted by atomic mass is 10.1. The van der Waals surface area contributed by atoms with Crippen molar-refractivity contribution < 1.29 is 19.6 Å². The van der Waals surface area contributed by atoms with Gasteiger partial charge in [-0.25, -0.2) is 9.78 Å². The third-order valence-electron chi connectivity index (χ3n) is 2.72. The molecule has 2 aromatic rings. The maximum Gasteiger partial charge on any atom is 0.338 e. The van der Waals surface area contributed by atoms with Crippen LogP contribution in [0, 0.1) is 10.1 Å². The van der Waals surface area contributed by atoms with Crippen molar-refractivity contribution in [1.29, 1.82) is 0 Å².